The summed E-state index contributed by atoms with van der Waals surface area (Å²) in [7, 11) is 0. The molecule has 0 bridgehead atoms. The molecule has 0 aliphatic heterocycles. The summed E-state index contributed by atoms with van der Waals surface area (Å²) in [6.07, 6.45) is 2.73. The molecule has 2 N–H and O–H groups in total. The lowest BCUT2D eigenvalue weighted by Gasteiger charge is -2.10. The van der Waals surface area contributed by atoms with Crippen molar-refractivity contribution in [1.29, 1.82) is 0 Å². The van der Waals surface area contributed by atoms with Gasteiger partial charge >= 0.3 is 0 Å². The van der Waals surface area contributed by atoms with Gasteiger partial charge in [0.05, 0.1) is 0 Å². The number of carbonyl (C=O) groups is 1. The van der Waals surface area contributed by atoms with Gasteiger partial charge in [0.25, 0.3) is 0 Å². The van der Waals surface area contributed by atoms with E-state index in [0.29, 0.717) is 24.8 Å². The van der Waals surface area contributed by atoms with E-state index in [1.807, 2.05) is 0 Å². The molecule has 1 heterocycles. The minimum Gasteiger partial charge on any atom is -0.370 e. The Morgan fingerprint density at radius 1 is 1.50 bits per heavy atom. The third-order valence-electron chi connectivity index (χ3n) is 2.85. The number of carbonyl (C=O) groups excluding carboxylic acids is 1. The molecular formula is C11H18N4O. The van der Waals surface area contributed by atoms with Gasteiger partial charge in [0.15, 0.2) is 0 Å². The molecule has 1 fully saturated rings. The number of nitrogens with two attached hydrogens (primary N) is 1. The Kier molecular flexibility index (Phi) is 2.94. The van der Waals surface area contributed by atoms with Crippen LogP contribution >= 0.6 is 0 Å². The van der Waals surface area contributed by atoms with E-state index >= 15 is 0 Å². The van der Waals surface area contributed by atoms with Crippen LogP contribution in [-0.2, 0) is 11.3 Å². The third kappa shape index (κ3) is 2.23. The molecule has 0 radical (unpaired) electrons. The first-order valence-corrected chi connectivity index (χ1v) is 5.81. The zero-order valence-corrected chi connectivity index (χ0v) is 9.81. The van der Waals surface area contributed by atoms with Crippen LogP contribution in [0.1, 0.15) is 56.6 Å². The first-order chi connectivity index (χ1) is 7.59. The standard InChI is InChI=1S/C11H18N4O/c1-7(2)10-13-14-11(8-3-4-8)15(10)6-5-9(12)16/h7-8H,3-6H2,1-2H3,(H2,12,16). The molecular weight excluding hydrogens is 204 g/mol. The molecule has 0 aromatic carbocycles. The van der Waals surface area contributed by atoms with Crippen LogP contribution in [0.5, 0.6) is 0 Å². The van der Waals surface area contributed by atoms with Gasteiger partial charge in [0.1, 0.15) is 11.6 Å². The number of aromatic nitrogens is 3. The van der Waals surface area contributed by atoms with Crippen molar-refractivity contribution >= 4 is 5.91 Å². The fraction of sp³-hybridized carbons (Fsp3) is 0.727. The van der Waals surface area contributed by atoms with Gasteiger partial charge in [-0.3, -0.25) is 4.79 Å². The van der Waals surface area contributed by atoms with Crippen molar-refractivity contribution in [1.82, 2.24) is 14.8 Å². The van der Waals surface area contributed by atoms with Crippen LogP contribution in [0.25, 0.3) is 0 Å². The Balaban J connectivity index is 2.22. The molecule has 0 spiro atoms. The van der Waals surface area contributed by atoms with Crippen molar-refractivity contribution in [3.8, 4) is 0 Å². The van der Waals surface area contributed by atoms with E-state index in [4.69, 9.17) is 5.73 Å². The average molecular weight is 222 g/mol. The minimum absolute atomic E-state index is 0.273. The number of primary amides is 1. The predicted octanol–water partition coefficient (Wildman–Crippen LogP) is 1.15. The van der Waals surface area contributed by atoms with Crippen LogP contribution in [-0.4, -0.2) is 20.7 Å². The minimum atomic E-state index is -0.273. The average Bonchev–Trinajstić information content (AvgIpc) is 2.95. The second-order valence-electron chi connectivity index (χ2n) is 4.71. The lowest BCUT2D eigenvalue weighted by molar-refractivity contribution is -0.118. The Labute approximate surface area is 95.0 Å². The van der Waals surface area contributed by atoms with Gasteiger partial charge in [-0.25, -0.2) is 0 Å². The lowest BCUT2D eigenvalue weighted by atomic mass is 10.2. The smallest absolute Gasteiger partial charge is 0.219 e. The van der Waals surface area contributed by atoms with Gasteiger partial charge in [-0.1, -0.05) is 13.8 Å². The lowest BCUT2D eigenvalue weighted by Crippen LogP contribution is -2.17. The second-order valence-corrected chi connectivity index (χ2v) is 4.71. The van der Waals surface area contributed by atoms with Crippen LogP contribution in [0.2, 0.25) is 0 Å². The fourth-order valence-corrected chi connectivity index (χ4v) is 1.85. The van der Waals surface area contributed by atoms with Crippen LogP contribution < -0.4 is 5.73 Å². The van der Waals surface area contributed by atoms with Crippen molar-refractivity contribution in [2.24, 2.45) is 5.73 Å². The van der Waals surface area contributed by atoms with Gasteiger partial charge in [0, 0.05) is 24.8 Å². The molecule has 1 aliphatic carbocycles. The Hall–Kier alpha value is -1.39. The van der Waals surface area contributed by atoms with Gasteiger partial charge in [0.2, 0.25) is 5.91 Å². The molecule has 1 saturated carbocycles. The second kappa shape index (κ2) is 4.23. The fourth-order valence-electron chi connectivity index (χ4n) is 1.85. The maximum atomic E-state index is 10.8. The maximum Gasteiger partial charge on any atom is 0.219 e. The number of hydrogen-bond acceptors (Lipinski definition) is 3. The van der Waals surface area contributed by atoms with E-state index in [1.54, 1.807) is 0 Å². The van der Waals surface area contributed by atoms with Crippen molar-refractivity contribution in [2.75, 3.05) is 0 Å². The predicted molar refractivity (Wildman–Crippen MR) is 59.9 cm³/mol. The van der Waals surface area contributed by atoms with E-state index < -0.39 is 0 Å². The highest BCUT2D eigenvalue weighted by Gasteiger charge is 2.30. The molecule has 1 aliphatic rings. The largest absolute Gasteiger partial charge is 0.370 e. The van der Waals surface area contributed by atoms with E-state index in [1.165, 1.54) is 12.8 Å². The SMILES string of the molecule is CC(C)c1nnc(C2CC2)n1CCC(N)=O. The van der Waals surface area contributed by atoms with Gasteiger partial charge < -0.3 is 10.3 Å². The molecule has 88 valence electrons. The monoisotopic (exact) mass is 222 g/mol. The Morgan fingerprint density at radius 2 is 2.19 bits per heavy atom. The first-order valence-electron chi connectivity index (χ1n) is 5.81. The third-order valence-corrected chi connectivity index (χ3v) is 2.85. The summed E-state index contributed by atoms with van der Waals surface area (Å²) in [5.74, 6) is 2.60. The normalized spacial score (nSPS) is 15.7. The van der Waals surface area contributed by atoms with Crippen LogP contribution in [0.4, 0.5) is 0 Å². The van der Waals surface area contributed by atoms with E-state index in [2.05, 4.69) is 28.6 Å². The highest BCUT2D eigenvalue weighted by molar-refractivity contribution is 5.73. The van der Waals surface area contributed by atoms with Gasteiger partial charge in [-0.05, 0) is 12.8 Å². The summed E-state index contributed by atoms with van der Waals surface area (Å²) in [5.41, 5.74) is 5.18. The molecule has 16 heavy (non-hydrogen) atoms. The quantitative estimate of drug-likeness (QED) is 0.812. The molecule has 5 heteroatoms. The zero-order valence-electron chi connectivity index (χ0n) is 9.81. The molecule has 1 aromatic rings. The zero-order chi connectivity index (χ0) is 11.7. The summed E-state index contributed by atoms with van der Waals surface area (Å²) < 4.78 is 2.08. The van der Waals surface area contributed by atoms with Crippen LogP contribution in [0, 0.1) is 0 Å². The van der Waals surface area contributed by atoms with Crippen LogP contribution in [0.15, 0.2) is 0 Å². The number of amides is 1. The van der Waals surface area contributed by atoms with E-state index in [9.17, 15) is 4.79 Å². The highest BCUT2D eigenvalue weighted by atomic mass is 16.1. The number of hydrogen-bond donors (Lipinski definition) is 1. The molecule has 0 atom stereocenters. The highest BCUT2D eigenvalue weighted by Crippen LogP contribution is 2.39. The summed E-state index contributed by atoms with van der Waals surface area (Å²) in [4.78, 5) is 10.8. The summed E-state index contributed by atoms with van der Waals surface area (Å²) in [6.45, 7) is 4.78. The van der Waals surface area contributed by atoms with E-state index in [-0.39, 0.29) is 5.91 Å². The van der Waals surface area contributed by atoms with Gasteiger partial charge in [-0.2, -0.15) is 0 Å². The maximum absolute atomic E-state index is 10.8. The Morgan fingerprint density at radius 3 is 2.69 bits per heavy atom. The summed E-state index contributed by atoms with van der Waals surface area (Å²) in [6, 6.07) is 0. The first kappa shape index (κ1) is 11.1. The summed E-state index contributed by atoms with van der Waals surface area (Å²) >= 11 is 0. The topological polar surface area (TPSA) is 73.8 Å². The molecule has 0 saturated heterocycles. The van der Waals surface area contributed by atoms with Crippen molar-refractivity contribution in [3.63, 3.8) is 0 Å². The van der Waals surface area contributed by atoms with Crippen molar-refractivity contribution in [2.45, 2.75) is 51.5 Å². The van der Waals surface area contributed by atoms with E-state index in [0.717, 1.165) is 11.6 Å². The van der Waals surface area contributed by atoms with Crippen LogP contribution in [0.3, 0.4) is 0 Å². The summed E-state index contributed by atoms with van der Waals surface area (Å²) in [5, 5.41) is 8.45. The van der Waals surface area contributed by atoms with Crippen molar-refractivity contribution < 1.29 is 4.79 Å². The molecule has 2 rings (SSSR count). The number of nitrogens with zero attached hydrogens (tertiary/aromatic N) is 3. The molecule has 1 amide bonds. The van der Waals surface area contributed by atoms with Crippen molar-refractivity contribution in [3.05, 3.63) is 11.6 Å². The number of rotatable bonds is 5. The molecule has 0 unspecified atom stereocenters. The molecule has 5 nitrogen and oxygen atoms in total. The molecule has 1 aromatic heterocycles. The Bertz CT molecular complexity index is 373. The van der Waals surface area contributed by atoms with Gasteiger partial charge in [-0.15, -0.1) is 10.2 Å².